The topological polar surface area (TPSA) is 45.8 Å². The van der Waals surface area contributed by atoms with E-state index in [0.717, 1.165) is 0 Å². The molecule has 0 radical (unpaired) electrons. The first-order chi connectivity index (χ1) is 7.11. The number of nitrogens with one attached hydrogen (secondary N) is 1. The van der Waals surface area contributed by atoms with Gasteiger partial charge in [0.15, 0.2) is 0 Å². The van der Waals surface area contributed by atoms with Crippen molar-refractivity contribution < 1.29 is 4.39 Å². The van der Waals surface area contributed by atoms with Crippen LogP contribution in [-0.4, -0.2) is 9.97 Å². The minimum atomic E-state index is -0.374. The predicted octanol–water partition coefficient (Wildman–Crippen LogP) is 2.11. The Kier molecular flexibility index (Phi) is 2.44. The van der Waals surface area contributed by atoms with Gasteiger partial charge in [-0.15, -0.1) is 11.6 Å². The van der Waals surface area contributed by atoms with E-state index in [2.05, 4.69) is 9.97 Å². The van der Waals surface area contributed by atoms with E-state index in [1.54, 1.807) is 6.92 Å². The van der Waals surface area contributed by atoms with Crippen LogP contribution in [0.25, 0.3) is 10.9 Å². The van der Waals surface area contributed by atoms with Crippen molar-refractivity contribution in [1.29, 1.82) is 0 Å². The molecular formula is C10H8ClFN2O. The fourth-order valence-corrected chi connectivity index (χ4v) is 1.51. The number of nitrogens with zero attached hydrogens (tertiary/aromatic N) is 1. The summed E-state index contributed by atoms with van der Waals surface area (Å²) < 4.78 is 13.2. The van der Waals surface area contributed by atoms with Crippen LogP contribution in [0.5, 0.6) is 0 Å². The molecule has 1 aromatic carbocycles. The van der Waals surface area contributed by atoms with Gasteiger partial charge < -0.3 is 4.98 Å². The zero-order valence-corrected chi connectivity index (χ0v) is 8.73. The van der Waals surface area contributed by atoms with Gasteiger partial charge in [-0.25, -0.2) is 9.37 Å². The van der Waals surface area contributed by atoms with Crippen LogP contribution in [-0.2, 0) is 5.88 Å². The van der Waals surface area contributed by atoms with Gasteiger partial charge in [-0.2, -0.15) is 0 Å². The number of aromatic nitrogens is 2. The van der Waals surface area contributed by atoms with Gasteiger partial charge in [-0.1, -0.05) is 0 Å². The van der Waals surface area contributed by atoms with Gasteiger partial charge >= 0.3 is 0 Å². The van der Waals surface area contributed by atoms with E-state index in [0.29, 0.717) is 22.3 Å². The first-order valence-corrected chi connectivity index (χ1v) is 4.90. The van der Waals surface area contributed by atoms with Crippen molar-refractivity contribution in [3.8, 4) is 0 Å². The van der Waals surface area contributed by atoms with Crippen LogP contribution in [0.2, 0.25) is 0 Å². The maximum Gasteiger partial charge on any atom is 0.258 e. The average Bonchev–Trinajstić information content (AvgIpc) is 2.21. The number of hydrogen-bond acceptors (Lipinski definition) is 2. The number of aryl methyl sites for hydroxylation is 1. The van der Waals surface area contributed by atoms with Crippen molar-refractivity contribution in [3.05, 3.63) is 39.7 Å². The van der Waals surface area contributed by atoms with Crippen LogP contribution in [0.15, 0.2) is 16.9 Å². The lowest BCUT2D eigenvalue weighted by atomic mass is 10.1. The third-order valence-corrected chi connectivity index (χ3v) is 2.41. The first-order valence-electron chi connectivity index (χ1n) is 4.37. The summed E-state index contributed by atoms with van der Waals surface area (Å²) in [7, 11) is 0. The first kappa shape index (κ1) is 10.1. The maximum atomic E-state index is 13.2. The van der Waals surface area contributed by atoms with Crippen LogP contribution >= 0.6 is 11.6 Å². The van der Waals surface area contributed by atoms with Gasteiger partial charge in [0.25, 0.3) is 5.56 Å². The van der Waals surface area contributed by atoms with E-state index in [9.17, 15) is 9.18 Å². The van der Waals surface area contributed by atoms with Crippen LogP contribution < -0.4 is 5.56 Å². The van der Waals surface area contributed by atoms with Gasteiger partial charge in [0.1, 0.15) is 11.6 Å². The normalized spacial score (nSPS) is 10.9. The van der Waals surface area contributed by atoms with Crippen molar-refractivity contribution in [2.45, 2.75) is 12.8 Å². The maximum absolute atomic E-state index is 13.2. The summed E-state index contributed by atoms with van der Waals surface area (Å²) in [5, 5.41) is 0.378. The number of hydrogen-bond donors (Lipinski definition) is 1. The Balaban J connectivity index is 2.86. The second-order valence-corrected chi connectivity index (χ2v) is 3.53. The molecule has 1 heterocycles. The average molecular weight is 227 g/mol. The largest absolute Gasteiger partial charge is 0.309 e. The molecule has 0 spiro atoms. The molecule has 15 heavy (non-hydrogen) atoms. The second-order valence-electron chi connectivity index (χ2n) is 3.26. The smallest absolute Gasteiger partial charge is 0.258 e. The lowest BCUT2D eigenvalue weighted by Gasteiger charge is -2.01. The van der Waals surface area contributed by atoms with Gasteiger partial charge in [0, 0.05) is 6.07 Å². The Morgan fingerprint density at radius 3 is 2.93 bits per heavy atom. The summed E-state index contributed by atoms with van der Waals surface area (Å²) in [5.74, 6) is 0.0688. The van der Waals surface area contributed by atoms with E-state index < -0.39 is 0 Å². The number of fused-ring (bicyclic) bond motifs is 1. The van der Waals surface area contributed by atoms with Crippen LogP contribution in [0, 0.1) is 12.7 Å². The number of H-pyrrole nitrogens is 1. The minimum absolute atomic E-state index is 0.0979. The fraction of sp³-hybridized carbons (Fsp3) is 0.200. The molecular weight excluding hydrogens is 219 g/mol. The third-order valence-electron chi connectivity index (χ3n) is 2.16. The van der Waals surface area contributed by atoms with Gasteiger partial charge in [-0.05, 0) is 18.6 Å². The molecule has 2 rings (SSSR count). The monoisotopic (exact) mass is 226 g/mol. The Hall–Kier alpha value is -1.42. The van der Waals surface area contributed by atoms with Gasteiger partial charge in [-0.3, -0.25) is 4.79 Å². The van der Waals surface area contributed by atoms with Crippen LogP contribution in [0.1, 0.15) is 11.4 Å². The molecule has 0 amide bonds. The molecule has 2 aromatic rings. The molecule has 0 unspecified atom stereocenters. The van der Waals surface area contributed by atoms with E-state index in [1.807, 2.05) is 0 Å². The molecule has 1 N–H and O–H groups in total. The molecule has 0 saturated heterocycles. The van der Waals surface area contributed by atoms with Gasteiger partial charge in [0.05, 0.1) is 16.8 Å². The lowest BCUT2D eigenvalue weighted by molar-refractivity contribution is 0.620. The summed E-state index contributed by atoms with van der Waals surface area (Å²) in [6.45, 7) is 1.60. The highest BCUT2D eigenvalue weighted by molar-refractivity contribution is 6.16. The van der Waals surface area contributed by atoms with E-state index in [1.165, 1.54) is 12.1 Å². The number of rotatable bonds is 1. The van der Waals surface area contributed by atoms with Crippen molar-refractivity contribution in [2.24, 2.45) is 0 Å². The number of halogens is 2. The highest BCUT2D eigenvalue weighted by atomic mass is 35.5. The number of aromatic amines is 1. The molecule has 0 aliphatic carbocycles. The highest BCUT2D eigenvalue weighted by Crippen LogP contribution is 2.14. The van der Waals surface area contributed by atoms with E-state index in [-0.39, 0.29) is 17.3 Å². The van der Waals surface area contributed by atoms with Crippen molar-refractivity contribution >= 4 is 22.5 Å². The minimum Gasteiger partial charge on any atom is -0.309 e. The number of benzene rings is 1. The molecule has 0 fully saturated rings. The Morgan fingerprint density at radius 1 is 1.53 bits per heavy atom. The summed E-state index contributed by atoms with van der Waals surface area (Å²) in [6.07, 6.45) is 0. The Bertz CT molecular complexity index is 579. The second kappa shape index (κ2) is 3.62. The van der Waals surface area contributed by atoms with Crippen molar-refractivity contribution in [2.75, 3.05) is 0 Å². The molecule has 0 aliphatic heterocycles. The Labute approximate surface area is 89.9 Å². The molecule has 0 aliphatic rings. The fourth-order valence-electron chi connectivity index (χ4n) is 1.38. The summed E-state index contributed by atoms with van der Waals surface area (Å²) in [6, 6.07) is 2.73. The molecule has 78 valence electrons. The molecule has 5 heteroatoms. The zero-order chi connectivity index (χ0) is 11.0. The summed E-state index contributed by atoms with van der Waals surface area (Å²) in [5.41, 5.74) is 0.463. The summed E-state index contributed by atoms with van der Waals surface area (Å²) in [4.78, 5) is 18.1. The molecule has 0 atom stereocenters. The molecule has 0 saturated carbocycles. The zero-order valence-electron chi connectivity index (χ0n) is 7.97. The van der Waals surface area contributed by atoms with E-state index >= 15 is 0 Å². The predicted molar refractivity (Wildman–Crippen MR) is 56.6 cm³/mol. The standard InChI is InChI=1S/C10H8ClFN2O/c1-5-2-6-8(3-7(5)12)13-9(4-11)14-10(6)15/h2-3H,4H2,1H3,(H,13,14,15). The lowest BCUT2D eigenvalue weighted by Crippen LogP contribution is -2.11. The highest BCUT2D eigenvalue weighted by Gasteiger charge is 2.06. The quantitative estimate of drug-likeness (QED) is 0.757. The summed E-state index contributed by atoms with van der Waals surface area (Å²) >= 11 is 5.54. The Morgan fingerprint density at radius 2 is 2.27 bits per heavy atom. The SMILES string of the molecule is Cc1cc2c(=O)[nH]c(CCl)nc2cc1F. The van der Waals surface area contributed by atoms with Crippen molar-refractivity contribution in [1.82, 2.24) is 9.97 Å². The molecule has 0 bridgehead atoms. The molecule has 3 nitrogen and oxygen atoms in total. The third kappa shape index (κ3) is 1.72. The molecule has 1 aromatic heterocycles. The van der Waals surface area contributed by atoms with Crippen molar-refractivity contribution in [3.63, 3.8) is 0 Å². The number of alkyl halides is 1. The van der Waals surface area contributed by atoms with E-state index in [4.69, 9.17) is 11.6 Å². The van der Waals surface area contributed by atoms with Crippen LogP contribution in [0.4, 0.5) is 4.39 Å². The van der Waals surface area contributed by atoms with Gasteiger partial charge in [0.2, 0.25) is 0 Å². The van der Waals surface area contributed by atoms with Crippen LogP contribution in [0.3, 0.4) is 0 Å².